The largest absolute Gasteiger partial charge is 0.377 e. The van der Waals surface area contributed by atoms with E-state index in [9.17, 15) is 13.2 Å². The summed E-state index contributed by atoms with van der Waals surface area (Å²) < 4.78 is 34.7. The second-order valence-electron chi connectivity index (χ2n) is 5.04. The highest BCUT2D eigenvalue weighted by Gasteiger charge is 2.21. The van der Waals surface area contributed by atoms with E-state index in [2.05, 4.69) is 4.72 Å². The van der Waals surface area contributed by atoms with Crippen LogP contribution in [0.2, 0.25) is 0 Å². The monoisotopic (exact) mass is 328 g/mol. The zero-order chi connectivity index (χ0) is 15.0. The van der Waals surface area contributed by atoms with Crippen LogP contribution in [0.1, 0.15) is 12.8 Å². The Bertz CT molecular complexity index is 816. The fourth-order valence-electron chi connectivity index (χ4n) is 2.37. The van der Waals surface area contributed by atoms with Gasteiger partial charge in [0, 0.05) is 20.2 Å². The lowest BCUT2D eigenvalue weighted by molar-refractivity contribution is 0.114. The Morgan fingerprint density at radius 2 is 2.29 bits per heavy atom. The first kappa shape index (κ1) is 14.7. The molecule has 1 atom stereocenters. The molecule has 1 fully saturated rings. The number of rotatable bonds is 4. The van der Waals surface area contributed by atoms with E-state index in [4.69, 9.17) is 4.74 Å². The van der Waals surface area contributed by atoms with Crippen molar-refractivity contribution < 1.29 is 13.2 Å². The molecule has 2 heterocycles. The van der Waals surface area contributed by atoms with E-state index in [0.29, 0.717) is 11.3 Å². The number of aromatic nitrogens is 1. The van der Waals surface area contributed by atoms with Gasteiger partial charge in [0.15, 0.2) is 0 Å². The molecule has 2 aromatic rings. The number of sulfonamides is 1. The molecule has 3 rings (SSSR count). The molecule has 1 aliphatic heterocycles. The molecule has 1 aromatic carbocycles. The van der Waals surface area contributed by atoms with Gasteiger partial charge >= 0.3 is 4.87 Å². The number of thiazole rings is 1. The van der Waals surface area contributed by atoms with Crippen molar-refractivity contribution in [3.05, 3.63) is 27.9 Å². The van der Waals surface area contributed by atoms with E-state index >= 15 is 0 Å². The standard InChI is InChI=1S/C13H16N2O4S2/c1-15-11-5-4-10(7-12(11)20-13(15)16)21(17,18)14-8-9-3-2-6-19-9/h4-5,7,9,14H,2-3,6,8H2,1H3/t9-/m0/s1. The van der Waals surface area contributed by atoms with Crippen molar-refractivity contribution in [1.82, 2.24) is 9.29 Å². The van der Waals surface area contributed by atoms with Gasteiger partial charge in [-0.3, -0.25) is 4.79 Å². The third-order valence-corrected chi connectivity index (χ3v) is 6.02. The lowest BCUT2D eigenvalue weighted by Crippen LogP contribution is -2.31. The number of fused-ring (bicyclic) bond motifs is 1. The van der Waals surface area contributed by atoms with Crippen molar-refractivity contribution in [3.8, 4) is 0 Å². The van der Waals surface area contributed by atoms with Gasteiger partial charge in [0.05, 0.1) is 21.2 Å². The maximum atomic E-state index is 12.3. The van der Waals surface area contributed by atoms with E-state index in [1.807, 2.05) is 0 Å². The van der Waals surface area contributed by atoms with Gasteiger partial charge in [0.25, 0.3) is 0 Å². The summed E-state index contributed by atoms with van der Waals surface area (Å²) in [5.41, 5.74) is 0.739. The first-order valence-electron chi connectivity index (χ1n) is 6.68. The molecule has 0 aliphatic carbocycles. The Balaban J connectivity index is 1.85. The van der Waals surface area contributed by atoms with Gasteiger partial charge in [-0.05, 0) is 31.0 Å². The van der Waals surface area contributed by atoms with Crippen LogP contribution in [0.4, 0.5) is 0 Å². The maximum Gasteiger partial charge on any atom is 0.307 e. The minimum atomic E-state index is -3.58. The van der Waals surface area contributed by atoms with Gasteiger partial charge in [0.2, 0.25) is 10.0 Å². The molecule has 21 heavy (non-hydrogen) atoms. The third kappa shape index (κ3) is 2.89. The van der Waals surface area contributed by atoms with E-state index in [-0.39, 0.29) is 22.4 Å². The Labute approximate surface area is 126 Å². The summed E-state index contributed by atoms with van der Waals surface area (Å²) in [7, 11) is -1.91. The molecule has 114 valence electrons. The normalized spacial score (nSPS) is 19.4. The smallest absolute Gasteiger partial charge is 0.307 e. The zero-order valence-electron chi connectivity index (χ0n) is 11.5. The number of ether oxygens (including phenoxy) is 1. The molecule has 0 bridgehead atoms. The number of nitrogens with one attached hydrogen (secondary N) is 1. The fourth-order valence-corrected chi connectivity index (χ4v) is 4.46. The van der Waals surface area contributed by atoms with Gasteiger partial charge in [-0.1, -0.05) is 11.3 Å². The van der Waals surface area contributed by atoms with Gasteiger partial charge in [-0.25, -0.2) is 13.1 Å². The van der Waals surface area contributed by atoms with Crippen molar-refractivity contribution in [1.29, 1.82) is 0 Å². The molecule has 0 spiro atoms. The van der Waals surface area contributed by atoms with Gasteiger partial charge in [-0.15, -0.1) is 0 Å². The lowest BCUT2D eigenvalue weighted by atomic mass is 10.2. The first-order chi connectivity index (χ1) is 9.97. The van der Waals surface area contributed by atoms with Crippen LogP contribution in [-0.4, -0.2) is 32.2 Å². The average Bonchev–Trinajstić information content (AvgIpc) is 3.06. The molecule has 1 saturated heterocycles. The first-order valence-corrected chi connectivity index (χ1v) is 8.98. The summed E-state index contributed by atoms with van der Waals surface area (Å²) in [6, 6.07) is 4.72. The van der Waals surface area contributed by atoms with E-state index in [1.165, 1.54) is 10.6 Å². The van der Waals surface area contributed by atoms with Crippen LogP contribution in [-0.2, 0) is 21.8 Å². The predicted octanol–water partition coefficient (Wildman–Crippen LogP) is 1.06. The van der Waals surface area contributed by atoms with E-state index in [1.54, 1.807) is 19.2 Å². The number of aryl methyl sites for hydroxylation is 1. The topological polar surface area (TPSA) is 77.4 Å². The van der Waals surface area contributed by atoms with Crippen LogP contribution < -0.4 is 9.60 Å². The van der Waals surface area contributed by atoms with Crippen molar-refractivity contribution in [2.45, 2.75) is 23.8 Å². The highest BCUT2D eigenvalue weighted by molar-refractivity contribution is 7.89. The Hall–Kier alpha value is -1.22. The van der Waals surface area contributed by atoms with Crippen molar-refractivity contribution in [2.75, 3.05) is 13.2 Å². The lowest BCUT2D eigenvalue weighted by Gasteiger charge is -2.11. The molecule has 0 unspecified atom stereocenters. The molecule has 6 nitrogen and oxygen atoms in total. The molecule has 0 saturated carbocycles. The second kappa shape index (κ2) is 5.53. The van der Waals surface area contributed by atoms with Crippen molar-refractivity contribution in [3.63, 3.8) is 0 Å². The van der Waals surface area contributed by atoms with Gasteiger partial charge < -0.3 is 9.30 Å². The van der Waals surface area contributed by atoms with Crippen LogP contribution in [0.3, 0.4) is 0 Å². The minimum absolute atomic E-state index is 0.0451. The number of hydrogen-bond donors (Lipinski definition) is 1. The van der Waals surface area contributed by atoms with E-state index < -0.39 is 10.0 Å². The van der Waals surface area contributed by atoms with Crippen LogP contribution in [0.5, 0.6) is 0 Å². The van der Waals surface area contributed by atoms with E-state index in [0.717, 1.165) is 29.7 Å². The fraction of sp³-hybridized carbons (Fsp3) is 0.462. The Morgan fingerprint density at radius 3 is 3.00 bits per heavy atom. The van der Waals surface area contributed by atoms with Crippen molar-refractivity contribution in [2.24, 2.45) is 7.05 Å². The van der Waals surface area contributed by atoms with Crippen LogP contribution in [0.25, 0.3) is 10.2 Å². The molecule has 1 N–H and O–H groups in total. The summed E-state index contributed by atoms with van der Waals surface area (Å²) in [6.07, 6.45) is 1.80. The Kier molecular flexibility index (Phi) is 3.87. The molecule has 1 aliphatic rings. The summed E-state index contributed by atoms with van der Waals surface area (Å²) in [6.45, 7) is 0.974. The minimum Gasteiger partial charge on any atom is -0.377 e. The molecule has 8 heteroatoms. The molecule has 0 radical (unpaired) electrons. The Morgan fingerprint density at radius 1 is 1.48 bits per heavy atom. The van der Waals surface area contributed by atoms with Crippen LogP contribution >= 0.6 is 11.3 Å². The summed E-state index contributed by atoms with van der Waals surface area (Å²) in [5, 5.41) is 0. The summed E-state index contributed by atoms with van der Waals surface area (Å²) in [5.74, 6) is 0. The SMILES string of the molecule is Cn1c(=O)sc2cc(S(=O)(=O)NC[C@@H]3CCCO3)ccc21. The molecule has 0 amide bonds. The highest BCUT2D eigenvalue weighted by atomic mass is 32.2. The molecular formula is C13H16N2O4S2. The zero-order valence-corrected chi connectivity index (χ0v) is 13.2. The number of nitrogens with zero attached hydrogens (tertiary/aromatic N) is 1. The quantitative estimate of drug-likeness (QED) is 0.910. The van der Waals surface area contributed by atoms with Gasteiger partial charge in [0.1, 0.15) is 0 Å². The molecular weight excluding hydrogens is 312 g/mol. The van der Waals surface area contributed by atoms with Gasteiger partial charge in [-0.2, -0.15) is 0 Å². The second-order valence-corrected chi connectivity index (χ2v) is 7.80. The van der Waals surface area contributed by atoms with Crippen LogP contribution in [0, 0.1) is 0 Å². The molecule has 1 aromatic heterocycles. The summed E-state index contributed by atoms with van der Waals surface area (Å²) >= 11 is 1.04. The van der Waals surface area contributed by atoms with Crippen LogP contribution in [0.15, 0.2) is 27.9 Å². The third-order valence-electron chi connectivity index (χ3n) is 3.60. The number of benzene rings is 1. The van der Waals surface area contributed by atoms with Crippen molar-refractivity contribution >= 4 is 31.6 Å². The summed E-state index contributed by atoms with van der Waals surface area (Å²) in [4.78, 5) is 11.7. The average molecular weight is 328 g/mol. The highest BCUT2D eigenvalue weighted by Crippen LogP contribution is 2.21. The number of hydrogen-bond acceptors (Lipinski definition) is 5. The predicted molar refractivity (Wildman–Crippen MR) is 81.2 cm³/mol. The maximum absolute atomic E-state index is 12.3.